The van der Waals surface area contributed by atoms with Gasteiger partial charge in [-0.2, -0.15) is 0 Å². The van der Waals surface area contributed by atoms with Gasteiger partial charge >= 0.3 is 0 Å². The van der Waals surface area contributed by atoms with E-state index in [1.807, 2.05) is 0 Å². The zero-order valence-corrected chi connectivity index (χ0v) is 14.3. The van der Waals surface area contributed by atoms with Crippen molar-refractivity contribution in [1.29, 1.82) is 0 Å². The quantitative estimate of drug-likeness (QED) is 0.862. The van der Waals surface area contributed by atoms with Gasteiger partial charge < -0.3 is 15.4 Å². The largest absolute Gasteiger partial charge is 0.380 e. The van der Waals surface area contributed by atoms with Crippen LogP contribution in [-0.2, 0) is 9.53 Å². The Kier molecular flexibility index (Phi) is 6.22. The molecule has 0 saturated carbocycles. The molecule has 2 N–H and O–H groups in total. The highest BCUT2D eigenvalue weighted by molar-refractivity contribution is 7.14. The molecular formula is C15H16ClF2N3O2S. The molecule has 1 fully saturated rings. The normalized spacial score (nSPS) is 19.8. The van der Waals surface area contributed by atoms with Crippen molar-refractivity contribution in [3.63, 3.8) is 0 Å². The highest BCUT2D eigenvalue weighted by atomic mass is 35.5. The van der Waals surface area contributed by atoms with Gasteiger partial charge in [0.05, 0.1) is 23.4 Å². The molecule has 1 aliphatic rings. The van der Waals surface area contributed by atoms with Crippen LogP contribution in [0.5, 0.6) is 0 Å². The van der Waals surface area contributed by atoms with Crippen molar-refractivity contribution < 1.29 is 18.3 Å². The Labute approximate surface area is 147 Å². The Balaban J connectivity index is 0.00000208. The van der Waals surface area contributed by atoms with Crippen LogP contribution in [0, 0.1) is 11.6 Å². The van der Waals surface area contributed by atoms with Crippen LogP contribution in [0.4, 0.5) is 13.9 Å². The molecule has 1 amide bonds. The van der Waals surface area contributed by atoms with Crippen molar-refractivity contribution in [3.05, 3.63) is 35.2 Å². The summed E-state index contributed by atoms with van der Waals surface area (Å²) >= 11 is 1.12. The Morgan fingerprint density at radius 1 is 1.42 bits per heavy atom. The average molecular weight is 376 g/mol. The fourth-order valence-electron chi connectivity index (χ4n) is 2.46. The van der Waals surface area contributed by atoms with E-state index in [4.69, 9.17) is 4.74 Å². The number of nitrogens with zero attached hydrogens (tertiary/aromatic N) is 1. The first-order valence-electron chi connectivity index (χ1n) is 7.05. The third-order valence-electron chi connectivity index (χ3n) is 3.69. The van der Waals surface area contributed by atoms with Gasteiger partial charge in [-0.1, -0.05) is 6.07 Å². The van der Waals surface area contributed by atoms with E-state index in [1.54, 1.807) is 7.11 Å². The number of thiazole rings is 1. The Morgan fingerprint density at radius 2 is 2.12 bits per heavy atom. The predicted molar refractivity (Wildman–Crippen MR) is 90.5 cm³/mol. The molecule has 0 aliphatic carbocycles. The zero-order valence-electron chi connectivity index (χ0n) is 12.7. The Hall–Kier alpha value is -1.61. The van der Waals surface area contributed by atoms with Crippen molar-refractivity contribution in [2.75, 3.05) is 19.0 Å². The summed E-state index contributed by atoms with van der Waals surface area (Å²) in [5, 5.41) is 7.53. The number of nitrogens with one attached hydrogen (secondary N) is 2. The molecule has 2 heterocycles. The third-order valence-corrected chi connectivity index (χ3v) is 4.45. The molecule has 3 rings (SSSR count). The topological polar surface area (TPSA) is 63.2 Å². The third kappa shape index (κ3) is 3.89. The summed E-state index contributed by atoms with van der Waals surface area (Å²) in [4.78, 5) is 16.2. The lowest BCUT2D eigenvalue weighted by Crippen LogP contribution is -2.35. The average Bonchev–Trinajstić information content (AvgIpc) is 3.16. The fourth-order valence-corrected chi connectivity index (χ4v) is 3.17. The molecule has 0 radical (unpaired) electrons. The van der Waals surface area contributed by atoms with Crippen LogP contribution in [-0.4, -0.2) is 36.7 Å². The number of hydrogen-bond acceptors (Lipinski definition) is 5. The molecule has 24 heavy (non-hydrogen) atoms. The molecule has 1 aliphatic heterocycles. The van der Waals surface area contributed by atoms with Crippen LogP contribution >= 0.6 is 23.7 Å². The van der Waals surface area contributed by atoms with E-state index < -0.39 is 11.6 Å². The summed E-state index contributed by atoms with van der Waals surface area (Å²) in [6, 6.07) is 3.27. The van der Waals surface area contributed by atoms with Gasteiger partial charge in [-0.25, -0.2) is 13.8 Å². The number of methoxy groups -OCH3 is 1. The van der Waals surface area contributed by atoms with Gasteiger partial charge in [-0.05, 0) is 18.6 Å². The van der Waals surface area contributed by atoms with E-state index >= 15 is 0 Å². The molecule has 5 nitrogen and oxygen atoms in total. The van der Waals surface area contributed by atoms with Gasteiger partial charge in [-0.3, -0.25) is 4.79 Å². The smallest absolute Gasteiger partial charge is 0.243 e. The van der Waals surface area contributed by atoms with Crippen molar-refractivity contribution in [1.82, 2.24) is 10.3 Å². The monoisotopic (exact) mass is 375 g/mol. The number of aromatic nitrogens is 1. The lowest BCUT2D eigenvalue weighted by atomic mass is 10.1. The van der Waals surface area contributed by atoms with E-state index in [9.17, 15) is 13.6 Å². The molecule has 0 unspecified atom stereocenters. The number of anilines is 1. The molecule has 0 bridgehead atoms. The van der Waals surface area contributed by atoms with Crippen LogP contribution < -0.4 is 10.6 Å². The standard InChI is InChI=1S/C15H15F2N3O2S.ClH/c1-22-8-5-11(18-6-8)14(21)20-15-19-12(7-23-15)13-9(16)3-2-4-10(13)17;/h2-4,7-8,11,18H,5-6H2,1H3,(H,19,20,21);1H/t8-,11+;/m0./s1. The van der Waals surface area contributed by atoms with E-state index in [0.29, 0.717) is 18.1 Å². The Bertz CT molecular complexity index is 708. The molecule has 130 valence electrons. The lowest BCUT2D eigenvalue weighted by molar-refractivity contribution is -0.118. The van der Waals surface area contributed by atoms with Gasteiger partial charge in [0.25, 0.3) is 0 Å². The SMILES string of the molecule is CO[C@@H]1CN[C@@H](C(=O)Nc2nc(-c3c(F)cccc3F)cs2)C1.Cl. The molecule has 1 aromatic carbocycles. The lowest BCUT2D eigenvalue weighted by Gasteiger charge is -2.09. The van der Waals surface area contributed by atoms with E-state index in [2.05, 4.69) is 15.6 Å². The van der Waals surface area contributed by atoms with Gasteiger partial charge in [0.1, 0.15) is 11.6 Å². The molecule has 0 spiro atoms. The number of benzene rings is 1. The number of ether oxygens (including phenoxy) is 1. The van der Waals surface area contributed by atoms with Crippen LogP contribution in [0.2, 0.25) is 0 Å². The van der Waals surface area contributed by atoms with Crippen molar-refractivity contribution in [2.45, 2.75) is 18.6 Å². The van der Waals surface area contributed by atoms with Gasteiger partial charge in [0, 0.05) is 19.0 Å². The summed E-state index contributed by atoms with van der Waals surface area (Å²) in [6.45, 7) is 0.609. The maximum Gasteiger partial charge on any atom is 0.243 e. The van der Waals surface area contributed by atoms with Crippen molar-refractivity contribution >= 4 is 34.8 Å². The van der Waals surface area contributed by atoms with Crippen molar-refractivity contribution in [2.24, 2.45) is 0 Å². The van der Waals surface area contributed by atoms with Gasteiger partial charge in [0.15, 0.2) is 5.13 Å². The van der Waals surface area contributed by atoms with Crippen LogP contribution in [0.25, 0.3) is 11.3 Å². The summed E-state index contributed by atoms with van der Waals surface area (Å²) in [5.74, 6) is -1.61. The number of amides is 1. The highest BCUT2D eigenvalue weighted by Crippen LogP contribution is 2.29. The minimum Gasteiger partial charge on any atom is -0.380 e. The predicted octanol–water partition coefficient (Wildman–Crippen LogP) is 2.83. The molecular weight excluding hydrogens is 360 g/mol. The van der Waals surface area contributed by atoms with E-state index in [1.165, 1.54) is 23.6 Å². The highest BCUT2D eigenvalue weighted by Gasteiger charge is 2.29. The first-order chi connectivity index (χ1) is 11.1. The second-order valence-electron chi connectivity index (χ2n) is 5.18. The minimum absolute atomic E-state index is 0. The maximum atomic E-state index is 13.7. The first-order valence-corrected chi connectivity index (χ1v) is 7.93. The summed E-state index contributed by atoms with van der Waals surface area (Å²) in [6.07, 6.45) is 0.577. The van der Waals surface area contributed by atoms with Gasteiger partial charge in [-0.15, -0.1) is 23.7 Å². The van der Waals surface area contributed by atoms with E-state index in [0.717, 1.165) is 11.3 Å². The van der Waals surface area contributed by atoms with Crippen LogP contribution in [0.15, 0.2) is 23.6 Å². The van der Waals surface area contributed by atoms with Crippen molar-refractivity contribution in [3.8, 4) is 11.3 Å². The number of rotatable bonds is 4. The second-order valence-corrected chi connectivity index (χ2v) is 6.04. The summed E-state index contributed by atoms with van der Waals surface area (Å²) < 4.78 is 32.7. The fraction of sp³-hybridized carbons (Fsp3) is 0.333. The van der Waals surface area contributed by atoms with Crippen LogP contribution in [0.3, 0.4) is 0 Å². The molecule has 2 aromatic rings. The molecule has 1 aromatic heterocycles. The molecule has 9 heteroatoms. The zero-order chi connectivity index (χ0) is 16.4. The molecule has 2 atom stereocenters. The minimum atomic E-state index is -0.687. The molecule has 1 saturated heterocycles. The number of carbonyl (C=O) groups excluding carboxylic acids is 1. The number of hydrogen-bond donors (Lipinski definition) is 2. The summed E-state index contributed by atoms with van der Waals surface area (Å²) in [7, 11) is 1.60. The van der Waals surface area contributed by atoms with Gasteiger partial charge in [0.2, 0.25) is 5.91 Å². The maximum absolute atomic E-state index is 13.7. The van der Waals surface area contributed by atoms with E-state index in [-0.39, 0.29) is 41.7 Å². The second kappa shape index (κ2) is 7.98. The Morgan fingerprint density at radius 3 is 2.75 bits per heavy atom. The summed E-state index contributed by atoms with van der Waals surface area (Å²) in [5.41, 5.74) is -0.0299. The van der Waals surface area contributed by atoms with Crippen LogP contribution in [0.1, 0.15) is 6.42 Å². The number of halogens is 3. The number of carbonyl (C=O) groups is 1. The first kappa shape index (κ1) is 18.7.